The monoisotopic (exact) mass is 349 g/mol. The van der Waals surface area contributed by atoms with E-state index in [0.29, 0.717) is 11.6 Å². The van der Waals surface area contributed by atoms with Crippen LogP contribution < -0.4 is 10.6 Å². The molecule has 0 saturated carbocycles. The molecule has 1 aromatic carbocycles. The van der Waals surface area contributed by atoms with Gasteiger partial charge in [-0.25, -0.2) is 19.9 Å². The molecule has 0 amide bonds. The van der Waals surface area contributed by atoms with Crippen LogP contribution in [0.3, 0.4) is 0 Å². The van der Waals surface area contributed by atoms with Crippen molar-refractivity contribution in [3.8, 4) is 0 Å². The van der Waals surface area contributed by atoms with Gasteiger partial charge in [0.1, 0.15) is 11.0 Å². The average molecular weight is 349 g/mol. The number of aromatic nitrogens is 5. The van der Waals surface area contributed by atoms with Crippen LogP contribution in [0.1, 0.15) is 22.4 Å². The average Bonchev–Trinajstić information content (AvgIpc) is 3.28. The fraction of sp³-hybridized carbons (Fsp3) is 0.176. The summed E-state index contributed by atoms with van der Waals surface area (Å²) in [6, 6.07) is 8.07. The molecule has 1 atom stereocenters. The maximum Gasteiger partial charge on any atom is 0.226 e. The van der Waals surface area contributed by atoms with Gasteiger partial charge < -0.3 is 15.6 Å². The molecule has 1 aliphatic rings. The lowest BCUT2D eigenvalue weighted by Gasteiger charge is -2.33. The van der Waals surface area contributed by atoms with Crippen molar-refractivity contribution < 1.29 is 0 Å². The Hall–Kier alpha value is -3.00. The standard InChI is InChI=1S/C17H15N7S/c18-10-7-19-17(20-8-10)24-6-5-12-14(22-9-21-12)15(24)16-23-11-3-1-2-4-13(11)25-16/h1-4,7-9,15H,5-6,18H2,(H,21,22). The summed E-state index contributed by atoms with van der Waals surface area (Å²) in [6.45, 7) is 0.791. The van der Waals surface area contributed by atoms with E-state index < -0.39 is 0 Å². The topological polar surface area (TPSA) is 96.6 Å². The van der Waals surface area contributed by atoms with Crippen molar-refractivity contribution in [2.45, 2.75) is 12.5 Å². The molecular weight excluding hydrogens is 334 g/mol. The Morgan fingerprint density at radius 2 is 2.00 bits per heavy atom. The van der Waals surface area contributed by atoms with Crippen molar-refractivity contribution in [3.05, 3.63) is 59.4 Å². The first kappa shape index (κ1) is 14.4. The number of thiazole rings is 1. The number of H-pyrrole nitrogens is 1. The van der Waals surface area contributed by atoms with E-state index in [9.17, 15) is 0 Å². The smallest absolute Gasteiger partial charge is 0.226 e. The molecular formula is C17H15N7S. The van der Waals surface area contributed by atoms with Crippen LogP contribution in [0.25, 0.3) is 10.2 Å². The maximum absolute atomic E-state index is 5.74. The fourth-order valence-corrected chi connectivity index (χ4v) is 4.31. The molecule has 0 spiro atoms. The van der Waals surface area contributed by atoms with E-state index in [2.05, 4.69) is 30.9 Å². The first-order valence-corrected chi connectivity index (χ1v) is 8.83. The summed E-state index contributed by atoms with van der Waals surface area (Å²) in [4.78, 5) is 23.7. The summed E-state index contributed by atoms with van der Waals surface area (Å²) < 4.78 is 1.17. The Kier molecular flexibility index (Phi) is 3.17. The fourth-order valence-electron chi connectivity index (χ4n) is 3.23. The third kappa shape index (κ3) is 2.33. The molecule has 0 aliphatic carbocycles. The van der Waals surface area contributed by atoms with Gasteiger partial charge in [-0.15, -0.1) is 11.3 Å². The van der Waals surface area contributed by atoms with Gasteiger partial charge in [-0.05, 0) is 12.1 Å². The number of para-hydroxylation sites is 1. The van der Waals surface area contributed by atoms with Crippen molar-refractivity contribution in [3.63, 3.8) is 0 Å². The molecule has 1 aliphatic heterocycles. The number of rotatable bonds is 2. The molecule has 0 radical (unpaired) electrons. The second kappa shape index (κ2) is 5.52. The number of nitrogens with zero attached hydrogens (tertiary/aromatic N) is 5. The van der Waals surface area contributed by atoms with Crippen LogP contribution in [0.5, 0.6) is 0 Å². The molecule has 7 nitrogen and oxygen atoms in total. The van der Waals surface area contributed by atoms with Crippen molar-refractivity contribution in [1.82, 2.24) is 24.9 Å². The van der Waals surface area contributed by atoms with Gasteiger partial charge >= 0.3 is 0 Å². The number of nitrogens with two attached hydrogens (primary N) is 1. The Morgan fingerprint density at radius 1 is 1.16 bits per heavy atom. The number of hydrogen-bond donors (Lipinski definition) is 2. The van der Waals surface area contributed by atoms with Crippen molar-refractivity contribution in [2.24, 2.45) is 0 Å². The Bertz CT molecular complexity index is 1000. The number of imidazole rings is 1. The summed E-state index contributed by atoms with van der Waals surface area (Å²) in [5.74, 6) is 0.645. The van der Waals surface area contributed by atoms with E-state index in [1.165, 1.54) is 4.70 Å². The molecule has 0 fully saturated rings. The van der Waals surface area contributed by atoms with E-state index in [1.54, 1.807) is 30.1 Å². The highest BCUT2D eigenvalue weighted by Crippen LogP contribution is 2.38. The molecule has 4 aromatic rings. The lowest BCUT2D eigenvalue weighted by molar-refractivity contribution is 0.617. The van der Waals surface area contributed by atoms with Gasteiger partial charge in [0.25, 0.3) is 0 Å². The van der Waals surface area contributed by atoms with Crippen molar-refractivity contribution >= 4 is 33.2 Å². The van der Waals surface area contributed by atoms with Crippen molar-refractivity contribution in [2.75, 3.05) is 17.2 Å². The van der Waals surface area contributed by atoms with Gasteiger partial charge in [-0.2, -0.15) is 0 Å². The lowest BCUT2D eigenvalue weighted by Crippen LogP contribution is -2.37. The maximum atomic E-state index is 5.74. The molecule has 3 N–H and O–H groups in total. The first-order valence-electron chi connectivity index (χ1n) is 8.01. The SMILES string of the molecule is Nc1cnc(N2CCc3[nH]cnc3C2c2nc3ccccc3s2)nc1. The van der Waals surface area contributed by atoms with Gasteiger partial charge in [0.2, 0.25) is 5.95 Å². The van der Waals surface area contributed by atoms with Crippen LogP contribution in [0.15, 0.2) is 43.0 Å². The third-order valence-electron chi connectivity index (χ3n) is 4.38. The molecule has 3 aromatic heterocycles. The summed E-state index contributed by atoms with van der Waals surface area (Å²) >= 11 is 1.69. The highest BCUT2D eigenvalue weighted by atomic mass is 32.1. The zero-order valence-electron chi connectivity index (χ0n) is 13.3. The van der Waals surface area contributed by atoms with Gasteiger partial charge in [0.05, 0.1) is 40.3 Å². The van der Waals surface area contributed by atoms with Gasteiger partial charge in [-0.3, -0.25) is 0 Å². The third-order valence-corrected chi connectivity index (χ3v) is 5.47. The minimum Gasteiger partial charge on any atom is -0.396 e. The molecule has 0 saturated heterocycles. The van der Waals surface area contributed by atoms with Crippen LogP contribution in [-0.2, 0) is 6.42 Å². The minimum absolute atomic E-state index is 0.101. The summed E-state index contributed by atoms with van der Waals surface area (Å²) in [5, 5.41) is 0.995. The van der Waals surface area contributed by atoms with E-state index >= 15 is 0 Å². The zero-order chi connectivity index (χ0) is 16.8. The number of aromatic amines is 1. The highest BCUT2D eigenvalue weighted by Gasteiger charge is 2.34. The normalized spacial score (nSPS) is 17.0. The van der Waals surface area contributed by atoms with Gasteiger partial charge in [0.15, 0.2) is 0 Å². The second-order valence-electron chi connectivity index (χ2n) is 5.95. The van der Waals surface area contributed by atoms with Gasteiger partial charge in [0, 0.05) is 18.7 Å². The molecule has 8 heteroatoms. The summed E-state index contributed by atoms with van der Waals surface area (Å²) in [6.07, 6.45) is 5.89. The van der Waals surface area contributed by atoms with Crippen molar-refractivity contribution in [1.29, 1.82) is 0 Å². The van der Waals surface area contributed by atoms with Crippen LogP contribution in [0.4, 0.5) is 11.6 Å². The number of hydrogen-bond acceptors (Lipinski definition) is 7. The number of nitrogen functional groups attached to an aromatic ring is 1. The molecule has 5 rings (SSSR count). The highest BCUT2D eigenvalue weighted by molar-refractivity contribution is 7.18. The molecule has 124 valence electrons. The van der Waals surface area contributed by atoms with Crippen LogP contribution >= 0.6 is 11.3 Å². The number of benzene rings is 1. The Balaban J connectivity index is 1.66. The van der Waals surface area contributed by atoms with E-state index in [0.717, 1.165) is 34.9 Å². The minimum atomic E-state index is -0.101. The Morgan fingerprint density at radius 3 is 2.84 bits per heavy atom. The van der Waals surface area contributed by atoms with Crippen LogP contribution in [0, 0.1) is 0 Å². The van der Waals surface area contributed by atoms with E-state index in [4.69, 9.17) is 10.7 Å². The van der Waals surface area contributed by atoms with E-state index in [1.807, 2.05) is 18.2 Å². The number of anilines is 2. The van der Waals surface area contributed by atoms with Crippen LogP contribution in [0.2, 0.25) is 0 Å². The quantitative estimate of drug-likeness (QED) is 0.577. The van der Waals surface area contributed by atoms with E-state index in [-0.39, 0.29) is 6.04 Å². The number of nitrogens with one attached hydrogen (secondary N) is 1. The Labute approximate surface area is 147 Å². The largest absolute Gasteiger partial charge is 0.396 e. The zero-order valence-corrected chi connectivity index (χ0v) is 14.1. The second-order valence-corrected chi connectivity index (χ2v) is 7.01. The molecule has 0 bridgehead atoms. The van der Waals surface area contributed by atoms with Crippen LogP contribution in [-0.4, -0.2) is 31.5 Å². The summed E-state index contributed by atoms with van der Waals surface area (Å²) in [5.41, 5.74) is 9.44. The predicted octanol–water partition coefficient (Wildman–Crippen LogP) is 2.54. The van der Waals surface area contributed by atoms with Gasteiger partial charge in [-0.1, -0.05) is 12.1 Å². The molecule has 1 unspecified atom stereocenters. The predicted molar refractivity (Wildman–Crippen MR) is 97.5 cm³/mol. The molecule has 4 heterocycles. The number of fused-ring (bicyclic) bond motifs is 2. The first-order chi connectivity index (χ1) is 12.3. The summed E-state index contributed by atoms with van der Waals surface area (Å²) in [7, 11) is 0. The molecule has 25 heavy (non-hydrogen) atoms. The lowest BCUT2D eigenvalue weighted by atomic mass is 10.0.